The zero-order valence-electron chi connectivity index (χ0n) is 15.0. The minimum absolute atomic E-state index is 0.0949. The van der Waals surface area contributed by atoms with Crippen LogP contribution in [-0.4, -0.2) is 38.4 Å². The zero-order valence-corrected chi connectivity index (χ0v) is 15.0. The largest absolute Gasteiger partial charge is 0.545 e. The standard InChI is InChI=1S/C19H21N3O5/c1-3-20-18(23)12-27-16-9-4-13(10-17(16)26-2)11-21-22-15-7-5-14(6-8-15)19(24)25/h4-11,22H,3,12H2,1-2H3,(H,20,23)(H,24,25)/p-1/b21-11-. The van der Waals surface area contributed by atoms with Crippen LogP contribution >= 0.6 is 0 Å². The van der Waals surface area contributed by atoms with Gasteiger partial charge in [0.05, 0.1) is 25.0 Å². The number of carbonyl (C=O) groups excluding carboxylic acids is 2. The van der Waals surface area contributed by atoms with Crippen LogP contribution in [0.4, 0.5) is 5.69 Å². The minimum Gasteiger partial charge on any atom is -0.545 e. The van der Waals surface area contributed by atoms with E-state index in [0.29, 0.717) is 23.7 Å². The molecule has 0 aliphatic heterocycles. The van der Waals surface area contributed by atoms with E-state index in [-0.39, 0.29) is 18.1 Å². The first-order valence-corrected chi connectivity index (χ1v) is 8.21. The lowest BCUT2D eigenvalue weighted by Crippen LogP contribution is -2.28. The van der Waals surface area contributed by atoms with Crippen LogP contribution < -0.4 is 25.3 Å². The lowest BCUT2D eigenvalue weighted by Gasteiger charge is -2.11. The second kappa shape index (κ2) is 9.81. The summed E-state index contributed by atoms with van der Waals surface area (Å²) in [6.07, 6.45) is 1.57. The molecule has 0 saturated carbocycles. The van der Waals surface area contributed by atoms with Crippen LogP contribution in [0, 0.1) is 0 Å². The van der Waals surface area contributed by atoms with Gasteiger partial charge in [-0.15, -0.1) is 0 Å². The number of amides is 1. The van der Waals surface area contributed by atoms with E-state index in [9.17, 15) is 14.7 Å². The summed E-state index contributed by atoms with van der Waals surface area (Å²) < 4.78 is 10.7. The van der Waals surface area contributed by atoms with Crippen molar-refractivity contribution in [3.05, 3.63) is 53.6 Å². The molecule has 27 heavy (non-hydrogen) atoms. The van der Waals surface area contributed by atoms with Crippen molar-refractivity contribution in [3.63, 3.8) is 0 Å². The van der Waals surface area contributed by atoms with Gasteiger partial charge in [-0.3, -0.25) is 10.2 Å². The Balaban J connectivity index is 1.98. The molecule has 0 aliphatic rings. The van der Waals surface area contributed by atoms with Crippen LogP contribution in [0.15, 0.2) is 47.6 Å². The van der Waals surface area contributed by atoms with Crippen LogP contribution in [0.3, 0.4) is 0 Å². The average Bonchev–Trinajstić information content (AvgIpc) is 2.67. The second-order valence-corrected chi connectivity index (χ2v) is 5.39. The molecule has 2 aromatic rings. The summed E-state index contributed by atoms with van der Waals surface area (Å²) >= 11 is 0. The molecule has 0 fully saturated rings. The van der Waals surface area contributed by atoms with Gasteiger partial charge >= 0.3 is 0 Å². The molecule has 0 bridgehead atoms. The van der Waals surface area contributed by atoms with Crippen LogP contribution in [0.2, 0.25) is 0 Å². The van der Waals surface area contributed by atoms with Gasteiger partial charge in [0, 0.05) is 6.54 Å². The number of carbonyl (C=O) groups is 2. The average molecular weight is 370 g/mol. The van der Waals surface area contributed by atoms with Gasteiger partial charge in [0.25, 0.3) is 5.91 Å². The number of carboxylic acids is 1. The van der Waals surface area contributed by atoms with E-state index < -0.39 is 5.97 Å². The Hall–Kier alpha value is -3.55. The van der Waals surface area contributed by atoms with Gasteiger partial charge in [-0.2, -0.15) is 5.10 Å². The molecule has 142 valence electrons. The first kappa shape index (κ1) is 19.8. The monoisotopic (exact) mass is 370 g/mol. The predicted molar refractivity (Wildman–Crippen MR) is 99.2 cm³/mol. The summed E-state index contributed by atoms with van der Waals surface area (Å²) in [6.45, 7) is 2.27. The highest BCUT2D eigenvalue weighted by Crippen LogP contribution is 2.27. The second-order valence-electron chi connectivity index (χ2n) is 5.39. The number of hydrogen-bond donors (Lipinski definition) is 2. The number of aromatic carboxylic acids is 1. The zero-order chi connectivity index (χ0) is 19.6. The first-order chi connectivity index (χ1) is 13.0. The number of rotatable bonds is 9. The molecule has 0 aromatic heterocycles. The molecule has 0 aliphatic carbocycles. The van der Waals surface area contributed by atoms with Gasteiger partial charge in [0.2, 0.25) is 0 Å². The smallest absolute Gasteiger partial charge is 0.257 e. The van der Waals surface area contributed by atoms with Crippen molar-refractivity contribution in [1.82, 2.24) is 5.32 Å². The number of nitrogens with one attached hydrogen (secondary N) is 2. The molecule has 1 amide bonds. The number of nitrogens with zero attached hydrogens (tertiary/aromatic N) is 1. The number of hydrazone groups is 1. The van der Waals surface area contributed by atoms with Crippen LogP contribution in [0.5, 0.6) is 11.5 Å². The molecule has 8 nitrogen and oxygen atoms in total. The molecular formula is C19H20N3O5-. The van der Waals surface area contributed by atoms with E-state index in [2.05, 4.69) is 15.8 Å². The van der Waals surface area contributed by atoms with E-state index in [1.54, 1.807) is 36.5 Å². The Kier molecular flexibility index (Phi) is 7.18. The maximum absolute atomic E-state index is 11.5. The van der Waals surface area contributed by atoms with Crippen molar-refractivity contribution in [2.75, 3.05) is 25.7 Å². The van der Waals surface area contributed by atoms with Gasteiger partial charge in [-0.05, 0) is 48.4 Å². The Bertz CT molecular complexity index is 819. The fraction of sp³-hybridized carbons (Fsp3) is 0.211. The molecule has 8 heteroatoms. The highest BCUT2D eigenvalue weighted by atomic mass is 16.5. The van der Waals surface area contributed by atoms with Crippen LogP contribution in [-0.2, 0) is 4.79 Å². The van der Waals surface area contributed by atoms with Crippen molar-refractivity contribution in [2.24, 2.45) is 5.10 Å². The molecule has 0 spiro atoms. The molecular weight excluding hydrogens is 350 g/mol. The van der Waals surface area contributed by atoms with Gasteiger partial charge in [-0.1, -0.05) is 12.1 Å². The number of ether oxygens (including phenoxy) is 2. The first-order valence-electron chi connectivity index (χ1n) is 8.21. The van der Waals surface area contributed by atoms with E-state index >= 15 is 0 Å². The van der Waals surface area contributed by atoms with Crippen molar-refractivity contribution in [1.29, 1.82) is 0 Å². The number of likely N-dealkylation sites (N-methyl/N-ethyl adjacent to an activating group) is 1. The van der Waals surface area contributed by atoms with Gasteiger partial charge in [0.1, 0.15) is 0 Å². The third-order valence-electron chi connectivity index (χ3n) is 3.45. The number of hydrogen-bond acceptors (Lipinski definition) is 7. The summed E-state index contributed by atoms with van der Waals surface area (Å²) in [4.78, 5) is 22.2. The molecule has 0 atom stereocenters. The third kappa shape index (κ3) is 6.03. The quantitative estimate of drug-likeness (QED) is 0.503. The summed E-state index contributed by atoms with van der Waals surface area (Å²) in [5.41, 5.74) is 4.27. The highest BCUT2D eigenvalue weighted by molar-refractivity contribution is 5.86. The summed E-state index contributed by atoms with van der Waals surface area (Å²) in [5.74, 6) is -0.515. The third-order valence-corrected chi connectivity index (χ3v) is 3.45. The molecule has 0 radical (unpaired) electrons. The Labute approximate surface area is 156 Å². The fourth-order valence-electron chi connectivity index (χ4n) is 2.14. The SMILES string of the molecule is CCNC(=O)COc1ccc(/C=N\Nc2ccc(C(=O)[O-])cc2)cc1OC. The molecule has 0 unspecified atom stereocenters. The maximum Gasteiger partial charge on any atom is 0.257 e. The number of benzene rings is 2. The highest BCUT2D eigenvalue weighted by Gasteiger charge is 2.07. The van der Waals surface area contributed by atoms with Gasteiger partial charge in [0.15, 0.2) is 18.1 Å². The predicted octanol–water partition coefficient (Wildman–Crippen LogP) is 1.02. The number of anilines is 1. The molecule has 2 rings (SSSR count). The van der Waals surface area contributed by atoms with Crippen molar-refractivity contribution >= 4 is 23.8 Å². The maximum atomic E-state index is 11.5. The minimum atomic E-state index is -1.23. The van der Waals surface area contributed by atoms with E-state index in [1.165, 1.54) is 19.2 Å². The van der Waals surface area contributed by atoms with Gasteiger partial charge < -0.3 is 24.7 Å². The Morgan fingerprint density at radius 3 is 2.52 bits per heavy atom. The lowest BCUT2D eigenvalue weighted by atomic mass is 10.2. The van der Waals surface area contributed by atoms with Crippen molar-refractivity contribution in [3.8, 4) is 11.5 Å². The van der Waals surface area contributed by atoms with Crippen molar-refractivity contribution < 1.29 is 24.2 Å². The number of methoxy groups -OCH3 is 1. The Morgan fingerprint density at radius 2 is 1.89 bits per heavy atom. The van der Waals surface area contributed by atoms with Gasteiger partial charge in [-0.25, -0.2) is 0 Å². The molecule has 0 heterocycles. The number of carboxylic acid groups (broad SMARTS) is 1. The summed E-state index contributed by atoms with van der Waals surface area (Å²) in [5, 5.41) is 17.4. The van der Waals surface area contributed by atoms with E-state index in [1.807, 2.05) is 6.92 Å². The van der Waals surface area contributed by atoms with E-state index in [4.69, 9.17) is 9.47 Å². The fourth-order valence-corrected chi connectivity index (χ4v) is 2.14. The molecule has 0 saturated heterocycles. The van der Waals surface area contributed by atoms with Crippen molar-refractivity contribution in [2.45, 2.75) is 6.92 Å². The molecule has 2 N–H and O–H groups in total. The topological polar surface area (TPSA) is 112 Å². The lowest BCUT2D eigenvalue weighted by molar-refractivity contribution is -0.255. The van der Waals surface area contributed by atoms with Crippen LogP contribution in [0.1, 0.15) is 22.8 Å². The molecule has 2 aromatic carbocycles. The Morgan fingerprint density at radius 1 is 1.15 bits per heavy atom. The normalized spacial score (nSPS) is 10.4. The summed E-state index contributed by atoms with van der Waals surface area (Å²) in [7, 11) is 1.51. The summed E-state index contributed by atoms with van der Waals surface area (Å²) in [6, 6.07) is 11.2. The van der Waals surface area contributed by atoms with Crippen LogP contribution in [0.25, 0.3) is 0 Å². The van der Waals surface area contributed by atoms with E-state index in [0.717, 1.165) is 5.56 Å².